The molecule has 4 heteroatoms. The third-order valence-corrected chi connectivity index (χ3v) is 13.7. The van der Waals surface area contributed by atoms with Gasteiger partial charge in [-0.1, -0.05) is 157 Å². The Labute approximate surface area is 356 Å². The van der Waals surface area contributed by atoms with Gasteiger partial charge in [-0.3, -0.25) is 0 Å². The maximum absolute atomic E-state index is 2.57. The van der Waals surface area contributed by atoms with Gasteiger partial charge in [0.15, 0.2) is 0 Å². The van der Waals surface area contributed by atoms with Crippen LogP contribution in [0.25, 0.3) is 104 Å². The van der Waals surface area contributed by atoms with Crippen molar-refractivity contribution in [1.29, 1.82) is 0 Å². The number of hydrogen-bond donors (Lipinski definition) is 0. The smallest absolute Gasteiger partial charge is 0.0663 e. The summed E-state index contributed by atoms with van der Waals surface area (Å²) in [5.74, 6) is 0. The highest BCUT2D eigenvalue weighted by atomic mass is 32.2. The molecule has 0 saturated heterocycles. The van der Waals surface area contributed by atoms with Gasteiger partial charge in [-0.25, -0.2) is 0 Å². The number of fused-ring (bicyclic) bond motifs is 14. The Balaban J connectivity index is 1.27. The minimum atomic E-state index is 1.13. The van der Waals surface area contributed by atoms with Crippen molar-refractivity contribution in [3.8, 4) is 17.1 Å². The van der Waals surface area contributed by atoms with Gasteiger partial charge >= 0.3 is 0 Å². The summed E-state index contributed by atoms with van der Waals surface area (Å²) in [4.78, 5) is 2.45. The van der Waals surface area contributed by atoms with Crippen molar-refractivity contribution in [2.75, 3.05) is 0 Å². The van der Waals surface area contributed by atoms with Gasteiger partial charge < -0.3 is 13.7 Å². The molecule has 0 N–H and O–H groups in total. The molecule has 13 rings (SSSR count). The van der Waals surface area contributed by atoms with Crippen LogP contribution in [0.2, 0.25) is 0 Å². The number of aromatic nitrogens is 3. The van der Waals surface area contributed by atoms with Gasteiger partial charge in [0.25, 0.3) is 0 Å². The minimum absolute atomic E-state index is 1.13. The van der Waals surface area contributed by atoms with E-state index in [-0.39, 0.29) is 0 Å². The third-order valence-electron chi connectivity index (χ3n) is 12.7. The summed E-state index contributed by atoms with van der Waals surface area (Å²) in [6.07, 6.45) is 0. The highest BCUT2D eigenvalue weighted by Crippen LogP contribution is 2.51. The molecule has 0 atom stereocenters. The normalized spacial score (nSPS) is 12.1. The van der Waals surface area contributed by atoms with Crippen molar-refractivity contribution in [3.63, 3.8) is 0 Å². The SMILES string of the molecule is Cc1ccc(Sc2ccc(-n3c4ccccc4c4c3c3c5ccccc5n(-c5cccc6ccccc56)c3c3c5ccccc5n(-c5cccc6ccccc56)c43)cc2)cc1. The van der Waals surface area contributed by atoms with Crippen LogP contribution in [0.5, 0.6) is 0 Å². The van der Waals surface area contributed by atoms with Crippen molar-refractivity contribution >= 4 is 98.7 Å². The molecule has 0 aliphatic heterocycles. The molecule has 0 amide bonds. The molecule has 3 heterocycles. The zero-order valence-electron chi connectivity index (χ0n) is 33.4. The number of benzene rings is 10. The molecule has 13 aromatic rings. The molecule has 0 fully saturated rings. The van der Waals surface area contributed by atoms with Crippen LogP contribution in [0, 0.1) is 6.92 Å². The molecule has 61 heavy (non-hydrogen) atoms. The van der Waals surface area contributed by atoms with Gasteiger partial charge in [-0.2, -0.15) is 0 Å². The molecule has 3 aromatic heterocycles. The summed E-state index contributed by atoms with van der Waals surface area (Å²) in [6, 6.07) is 76.1. The van der Waals surface area contributed by atoms with Gasteiger partial charge in [0.05, 0.1) is 44.5 Å². The predicted molar refractivity (Wildman–Crippen MR) is 260 cm³/mol. The summed E-state index contributed by atoms with van der Waals surface area (Å²) < 4.78 is 7.67. The predicted octanol–water partition coefficient (Wildman–Crippen LogP) is 15.7. The third kappa shape index (κ3) is 5.00. The quantitative estimate of drug-likeness (QED) is 0.169. The van der Waals surface area contributed by atoms with Crippen molar-refractivity contribution in [2.24, 2.45) is 0 Å². The molecular weight excluding hydrogens is 759 g/mol. The lowest BCUT2D eigenvalue weighted by atomic mass is 10.0. The molecule has 10 aromatic carbocycles. The van der Waals surface area contributed by atoms with Crippen LogP contribution in [0.1, 0.15) is 5.56 Å². The number of rotatable bonds is 5. The molecular formula is C57H37N3S. The molecule has 0 radical (unpaired) electrons. The molecule has 3 nitrogen and oxygen atoms in total. The van der Waals surface area contributed by atoms with Crippen molar-refractivity contribution < 1.29 is 0 Å². The summed E-state index contributed by atoms with van der Waals surface area (Å²) in [6.45, 7) is 2.14. The lowest BCUT2D eigenvalue weighted by Gasteiger charge is -2.15. The van der Waals surface area contributed by atoms with Crippen LogP contribution in [-0.2, 0) is 0 Å². The van der Waals surface area contributed by atoms with Crippen molar-refractivity contribution in [3.05, 3.63) is 212 Å². The van der Waals surface area contributed by atoms with Crippen LogP contribution in [0.15, 0.2) is 216 Å². The Morgan fingerprint density at radius 2 is 0.672 bits per heavy atom. The Morgan fingerprint density at radius 1 is 0.311 bits per heavy atom. The van der Waals surface area contributed by atoms with Crippen LogP contribution in [-0.4, -0.2) is 13.7 Å². The largest absolute Gasteiger partial charge is 0.308 e. The topological polar surface area (TPSA) is 14.8 Å². The van der Waals surface area contributed by atoms with E-state index in [0.717, 1.165) is 5.69 Å². The number of para-hydroxylation sites is 3. The highest BCUT2D eigenvalue weighted by molar-refractivity contribution is 7.99. The first kappa shape index (κ1) is 34.3. The number of hydrogen-bond acceptors (Lipinski definition) is 1. The maximum Gasteiger partial charge on any atom is 0.0663 e. The average Bonchev–Trinajstić information content (AvgIpc) is 3.96. The average molecular weight is 796 g/mol. The molecule has 0 aliphatic carbocycles. The van der Waals surface area contributed by atoms with Crippen LogP contribution >= 0.6 is 11.8 Å². The van der Waals surface area contributed by atoms with Gasteiger partial charge in [0.1, 0.15) is 0 Å². The van der Waals surface area contributed by atoms with E-state index >= 15 is 0 Å². The second-order valence-electron chi connectivity index (χ2n) is 16.1. The van der Waals surface area contributed by atoms with E-state index in [0.29, 0.717) is 0 Å². The summed E-state index contributed by atoms with van der Waals surface area (Å²) in [5.41, 5.74) is 11.9. The Hall–Kier alpha value is -7.53. The molecule has 286 valence electrons. The van der Waals surface area contributed by atoms with Crippen molar-refractivity contribution in [1.82, 2.24) is 13.7 Å². The van der Waals surface area contributed by atoms with E-state index in [4.69, 9.17) is 0 Å². The van der Waals surface area contributed by atoms with E-state index in [1.165, 1.54) is 114 Å². The van der Waals surface area contributed by atoms with Crippen LogP contribution in [0.4, 0.5) is 0 Å². The van der Waals surface area contributed by atoms with E-state index in [1.807, 2.05) is 0 Å². The van der Waals surface area contributed by atoms with Gasteiger partial charge in [0, 0.05) is 58.6 Å². The highest BCUT2D eigenvalue weighted by Gasteiger charge is 2.29. The lowest BCUT2D eigenvalue weighted by molar-refractivity contribution is 1.17. The Kier molecular flexibility index (Phi) is 7.45. The summed E-state index contributed by atoms with van der Waals surface area (Å²) >= 11 is 1.80. The van der Waals surface area contributed by atoms with Gasteiger partial charge in [0.2, 0.25) is 0 Å². The zero-order valence-corrected chi connectivity index (χ0v) is 34.2. The summed E-state index contributed by atoms with van der Waals surface area (Å²) in [7, 11) is 0. The van der Waals surface area contributed by atoms with Crippen molar-refractivity contribution in [2.45, 2.75) is 16.7 Å². The van der Waals surface area contributed by atoms with Gasteiger partial charge in [-0.15, -0.1) is 0 Å². The van der Waals surface area contributed by atoms with Gasteiger partial charge in [-0.05, 0) is 84.4 Å². The van der Waals surface area contributed by atoms with E-state index in [1.54, 1.807) is 11.8 Å². The van der Waals surface area contributed by atoms with E-state index in [2.05, 4.69) is 227 Å². The Morgan fingerprint density at radius 3 is 1.15 bits per heavy atom. The maximum atomic E-state index is 2.57. The zero-order chi connectivity index (χ0) is 40.2. The van der Waals surface area contributed by atoms with Crippen LogP contribution in [0.3, 0.4) is 0 Å². The second-order valence-corrected chi connectivity index (χ2v) is 17.3. The first-order chi connectivity index (χ1) is 30.2. The second kappa shape index (κ2) is 13.2. The fraction of sp³-hybridized carbons (Fsp3) is 0.0175. The molecule has 0 bridgehead atoms. The monoisotopic (exact) mass is 795 g/mol. The fourth-order valence-corrected chi connectivity index (χ4v) is 10.9. The van der Waals surface area contributed by atoms with E-state index < -0.39 is 0 Å². The van der Waals surface area contributed by atoms with Crippen LogP contribution < -0.4 is 0 Å². The number of aryl methyl sites for hydroxylation is 1. The molecule has 0 spiro atoms. The first-order valence-electron chi connectivity index (χ1n) is 20.9. The molecule has 0 aliphatic rings. The lowest BCUT2D eigenvalue weighted by Crippen LogP contribution is -1.99. The fourth-order valence-electron chi connectivity index (χ4n) is 10.1. The molecule has 0 unspecified atom stereocenters. The summed E-state index contributed by atoms with van der Waals surface area (Å²) in [5, 5.41) is 12.3. The van der Waals surface area contributed by atoms with E-state index in [9.17, 15) is 0 Å². The number of nitrogens with zero attached hydrogens (tertiary/aromatic N) is 3. The Bertz CT molecular complexity index is 3780. The first-order valence-corrected chi connectivity index (χ1v) is 21.8. The standard InChI is InChI=1S/C57H37N3S/c1-36-28-32-40(33-29-36)61-41-34-30-39(31-35-41)58-49-23-9-6-20-44(49)52-55(58)53-45-21-7-10-24-50(45)59(47-26-12-16-37-14-2-4-18-42(37)47)57(53)54-46-22-8-11-25-51(46)60(56(52)54)48-27-13-17-38-15-3-5-19-43(38)48/h2-35H,1H3. The minimum Gasteiger partial charge on any atom is -0.308 e. The molecule has 0 saturated carbocycles.